The number of nitrogen functional groups attached to an aromatic ring is 1. The summed E-state index contributed by atoms with van der Waals surface area (Å²) in [6.45, 7) is -0.570. The first-order chi connectivity index (χ1) is 10.2. The smallest absolute Gasteiger partial charge is 0.387 e. The molecule has 1 fully saturated rings. The van der Waals surface area contributed by atoms with E-state index in [4.69, 9.17) is 25.0 Å². The van der Waals surface area contributed by atoms with E-state index in [1.807, 2.05) is 0 Å². The number of phosphoric acid groups is 1. The van der Waals surface area contributed by atoms with Crippen LogP contribution in [0.3, 0.4) is 0 Å². The Bertz CT molecular complexity index is 631. The van der Waals surface area contributed by atoms with Gasteiger partial charge in [0.1, 0.15) is 24.1 Å². The van der Waals surface area contributed by atoms with Gasteiger partial charge in [0.05, 0.1) is 6.61 Å². The summed E-state index contributed by atoms with van der Waals surface area (Å²) in [7, 11) is -3.41. The molecule has 0 aliphatic carbocycles. The summed E-state index contributed by atoms with van der Waals surface area (Å²) in [6, 6.07) is 1.36. The van der Waals surface area contributed by atoms with Crippen molar-refractivity contribution in [1.29, 1.82) is 0 Å². The van der Waals surface area contributed by atoms with E-state index < -0.39 is 44.7 Å². The van der Waals surface area contributed by atoms with Crippen LogP contribution in [0.1, 0.15) is 6.23 Å². The molecule has 11 nitrogen and oxygen atoms in total. The monoisotopic (exact) mass is 337 g/mol. The fraction of sp³-hybridized carbons (Fsp3) is 0.600. The lowest BCUT2D eigenvalue weighted by Gasteiger charge is -2.20. The van der Waals surface area contributed by atoms with Gasteiger partial charge < -0.3 is 30.1 Å². The predicted molar refractivity (Wildman–Crippen MR) is 71.6 cm³/mol. The average molecular weight is 337 g/mol. The summed E-state index contributed by atoms with van der Waals surface area (Å²) in [6.07, 6.45) is -3.02. The summed E-state index contributed by atoms with van der Waals surface area (Å²) in [5.74, 6) is 0.0233. The second-order valence-electron chi connectivity index (χ2n) is 4.58. The van der Waals surface area contributed by atoms with Crippen molar-refractivity contribution < 1.29 is 33.5 Å². The zero-order valence-corrected chi connectivity index (χ0v) is 12.4. The van der Waals surface area contributed by atoms with Crippen molar-refractivity contribution in [3.05, 3.63) is 22.7 Å². The van der Waals surface area contributed by atoms with Crippen molar-refractivity contribution in [2.24, 2.45) is 0 Å². The maximum absolute atomic E-state index is 11.8. The van der Waals surface area contributed by atoms with Gasteiger partial charge in [-0.2, -0.15) is 4.98 Å². The minimum atomic E-state index is -4.71. The third kappa shape index (κ3) is 3.70. The molecule has 2 rings (SSSR count). The minimum absolute atomic E-state index is 0.0233. The molecular weight excluding hydrogens is 321 g/mol. The number of ether oxygens (including phenoxy) is 2. The number of aromatic nitrogens is 2. The van der Waals surface area contributed by atoms with Crippen LogP contribution in [0.2, 0.25) is 0 Å². The lowest BCUT2D eigenvalue weighted by Crippen LogP contribution is -2.37. The Morgan fingerprint density at radius 2 is 2.23 bits per heavy atom. The first-order valence-electron chi connectivity index (χ1n) is 6.14. The lowest BCUT2D eigenvalue weighted by molar-refractivity contribution is -0.0619. The third-order valence-corrected chi connectivity index (χ3v) is 3.60. The highest BCUT2D eigenvalue weighted by molar-refractivity contribution is 7.46. The number of anilines is 1. The van der Waals surface area contributed by atoms with Gasteiger partial charge in [-0.3, -0.25) is 9.09 Å². The Morgan fingerprint density at radius 1 is 1.55 bits per heavy atom. The average Bonchev–Trinajstić information content (AvgIpc) is 2.72. The van der Waals surface area contributed by atoms with Gasteiger partial charge in [0.15, 0.2) is 6.23 Å². The Hall–Kier alpha value is -1.33. The molecule has 1 aromatic rings. The van der Waals surface area contributed by atoms with E-state index in [-0.39, 0.29) is 5.82 Å². The van der Waals surface area contributed by atoms with Gasteiger partial charge in [0, 0.05) is 13.3 Å². The Morgan fingerprint density at radius 3 is 2.77 bits per heavy atom. The molecule has 1 saturated heterocycles. The normalized spacial score (nSPS) is 28.9. The van der Waals surface area contributed by atoms with Crippen molar-refractivity contribution in [2.45, 2.75) is 24.5 Å². The number of nitrogens with zero attached hydrogens (tertiary/aromatic N) is 2. The molecule has 1 aliphatic heterocycles. The second kappa shape index (κ2) is 6.42. The molecule has 5 N–H and O–H groups in total. The highest BCUT2D eigenvalue weighted by atomic mass is 31.2. The summed E-state index contributed by atoms with van der Waals surface area (Å²) in [5, 5.41) is 10.1. The first kappa shape index (κ1) is 17.0. The van der Waals surface area contributed by atoms with E-state index >= 15 is 0 Å². The van der Waals surface area contributed by atoms with Crippen molar-refractivity contribution in [3.8, 4) is 0 Å². The van der Waals surface area contributed by atoms with Crippen LogP contribution in [0.4, 0.5) is 5.82 Å². The number of hydrogen-bond donors (Lipinski definition) is 4. The number of methoxy groups -OCH3 is 1. The molecule has 0 amide bonds. The van der Waals surface area contributed by atoms with Crippen LogP contribution in [-0.4, -0.2) is 56.5 Å². The third-order valence-electron chi connectivity index (χ3n) is 3.12. The van der Waals surface area contributed by atoms with E-state index in [9.17, 15) is 14.5 Å². The highest BCUT2D eigenvalue weighted by Crippen LogP contribution is 2.38. The van der Waals surface area contributed by atoms with Gasteiger partial charge >= 0.3 is 13.5 Å². The molecule has 0 radical (unpaired) electrons. The molecule has 0 saturated carbocycles. The zero-order chi connectivity index (χ0) is 16.5. The quantitative estimate of drug-likeness (QED) is 0.450. The molecular formula is C10H16N3O8P. The molecule has 22 heavy (non-hydrogen) atoms. The largest absolute Gasteiger partial charge is 0.469 e. The molecule has 0 unspecified atom stereocenters. The van der Waals surface area contributed by atoms with Crippen LogP contribution in [0, 0.1) is 0 Å². The van der Waals surface area contributed by atoms with Gasteiger partial charge in [-0.25, -0.2) is 9.36 Å². The molecule has 124 valence electrons. The molecule has 1 aromatic heterocycles. The maximum Gasteiger partial charge on any atom is 0.469 e. The summed E-state index contributed by atoms with van der Waals surface area (Å²) in [4.78, 5) is 32.7. The van der Waals surface area contributed by atoms with Crippen LogP contribution < -0.4 is 11.4 Å². The van der Waals surface area contributed by atoms with Crippen molar-refractivity contribution in [2.75, 3.05) is 19.5 Å². The van der Waals surface area contributed by atoms with Crippen LogP contribution >= 0.6 is 7.82 Å². The number of aliphatic hydroxyl groups excluding tert-OH is 1. The maximum atomic E-state index is 11.8. The fourth-order valence-corrected chi connectivity index (χ4v) is 2.47. The van der Waals surface area contributed by atoms with Crippen LogP contribution in [-0.2, 0) is 18.6 Å². The van der Waals surface area contributed by atoms with E-state index in [2.05, 4.69) is 9.51 Å². The fourth-order valence-electron chi connectivity index (χ4n) is 2.12. The first-order valence-corrected chi connectivity index (χ1v) is 7.67. The van der Waals surface area contributed by atoms with Gasteiger partial charge in [-0.1, -0.05) is 0 Å². The molecule has 1 aliphatic rings. The SMILES string of the molecule is CO[C@@H]1[C@H](O)[C@@H](COP(=O)(O)O)O[C@H]1n1ccc(N)nc1=O. The highest BCUT2D eigenvalue weighted by Gasteiger charge is 2.46. The Balaban J connectivity index is 2.21. The zero-order valence-electron chi connectivity index (χ0n) is 11.5. The van der Waals surface area contributed by atoms with Crippen molar-refractivity contribution in [3.63, 3.8) is 0 Å². The van der Waals surface area contributed by atoms with E-state index in [0.717, 1.165) is 4.57 Å². The van der Waals surface area contributed by atoms with E-state index in [0.29, 0.717) is 0 Å². The topological polar surface area (TPSA) is 166 Å². The molecule has 0 aromatic carbocycles. The summed E-state index contributed by atoms with van der Waals surface area (Å²) >= 11 is 0. The van der Waals surface area contributed by atoms with Crippen LogP contribution in [0.15, 0.2) is 17.1 Å². The number of hydrogen-bond acceptors (Lipinski definition) is 8. The van der Waals surface area contributed by atoms with E-state index in [1.54, 1.807) is 0 Å². The van der Waals surface area contributed by atoms with Crippen molar-refractivity contribution in [1.82, 2.24) is 9.55 Å². The summed E-state index contributed by atoms with van der Waals surface area (Å²) in [5.41, 5.74) is 4.68. The lowest BCUT2D eigenvalue weighted by atomic mass is 10.1. The standard InChI is InChI=1S/C10H16N3O8P/c1-19-8-7(14)5(4-20-22(16,17)18)21-9(8)13-3-2-6(11)12-10(13)15/h2-3,5,7-9,14H,4H2,1H3,(H2,11,12,15)(H2,16,17,18)/t5-,7-,8-,9-/m1/s1. The number of aliphatic hydroxyl groups is 1. The van der Waals surface area contributed by atoms with Crippen molar-refractivity contribution >= 4 is 13.6 Å². The minimum Gasteiger partial charge on any atom is -0.387 e. The molecule has 4 atom stereocenters. The van der Waals surface area contributed by atoms with Crippen LogP contribution in [0.5, 0.6) is 0 Å². The van der Waals surface area contributed by atoms with Gasteiger partial charge in [0.25, 0.3) is 0 Å². The molecule has 2 heterocycles. The van der Waals surface area contributed by atoms with Gasteiger partial charge in [-0.05, 0) is 6.07 Å². The predicted octanol–water partition coefficient (Wildman–Crippen LogP) is -1.79. The Kier molecular flexibility index (Phi) is 4.97. The second-order valence-corrected chi connectivity index (χ2v) is 5.82. The molecule has 0 spiro atoms. The van der Waals surface area contributed by atoms with Gasteiger partial charge in [-0.15, -0.1) is 0 Å². The summed E-state index contributed by atoms with van der Waals surface area (Å²) < 4.78 is 26.6. The molecule has 12 heteroatoms. The molecule has 0 bridgehead atoms. The number of phosphoric ester groups is 1. The number of rotatable bonds is 5. The Labute approximate surface area is 124 Å². The van der Waals surface area contributed by atoms with Crippen LogP contribution in [0.25, 0.3) is 0 Å². The number of nitrogens with two attached hydrogens (primary N) is 1. The van der Waals surface area contributed by atoms with Gasteiger partial charge in [0.2, 0.25) is 0 Å². The van der Waals surface area contributed by atoms with E-state index in [1.165, 1.54) is 19.4 Å².